The van der Waals surface area contributed by atoms with E-state index in [1.807, 2.05) is 5.70 Å². The third-order valence-corrected chi connectivity index (χ3v) is 9.76. The Labute approximate surface area is 114 Å². The first-order valence-corrected chi connectivity index (χ1v) is 11.1. The van der Waals surface area contributed by atoms with Crippen LogP contribution in [0.25, 0.3) is 6.08 Å². The van der Waals surface area contributed by atoms with Crippen LogP contribution in [0.2, 0.25) is 10.7 Å². The predicted molar refractivity (Wildman–Crippen MR) is 69.9 cm³/mol. The van der Waals surface area contributed by atoms with Crippen molar-refractivity contribution in [3.05, 3.63) is 41.1 Å². The maximum Gasteiger partial charge on any atom is 0.498 e. The molecular formula is C11H12ClF3MgSi. The molecule has 6 heteroatoms. The lowest BCUT2D eigenvalue weighted by atomic mass is 10.1. The Morgan fingerprint density at radius 3 is 2.59 bits per heavy atom. The minimum Gasteiger partial charge on any atom is -0.346 e. The molecule has 0 N–H and O–H groups in total. The number of benzene rings is 1. The Kier molecular flexibility index (Phi) is 6.05. The summed E-state index contributed by atoms with van der Waals surface area (Å²) in [6, 6.07) is 5.64. The highest BCUT2D eigenvalue weighted by atomic mass is 35.5. The molecule has 1 atom stereocenters. The first-order chi connectivity index (χ1) is 7.95. The average molecular weight is 289 g/mol. The number of hydrogen-bond acceptors (Lipinski definition) is 0. The summed E-state index contributed by atoms with van der Waals surface area (Å²) in [6.07, 6.45) is -2.69. The number of alkyl halides is 3. The van der Waals surface area contributed by atoms with Crippen LogP contribution in [0.15, 0.2) is 30.0 Å². The first-order valence-electron chi connectivity index (χ1n) is 5.35. The van der Waals surface area contributed by atoms with Gasteiger partial charge in [-0.3, -0.25) is 0 Å². The smallest absolute Gasteiger partial charge is 0.346 e. The maximum atomic E-state index is 12.7. The standard InChI is InChI=1S/C11H12F3Si.ClH.Mg/c1-15(2)8-7-9-5-3-4-6-10(9)11(12,13)14;;/h3-8,15H,1H2,2H3;1H;/q;;+1/p-1. The van der Waals surface area contributed by atoms with Gasteiger partial charge in [0.2, 0.25) is 0 Å². The van der Waals surface area contributed by atoms with Crippen molar-refractivity contribution in [1.29, 1.82) is 0 Å². The van der Waals surface area contributed by atoms with Gasteiger partial charge in [0.1, 0.15) is 0 Å². The molecule has 1 aromatic carbocycles. The van der Waals surface area contributed by atoms with E-state index >= 15 is 0 Å². The van der Waals surface area contributed by atoms with Crippen LogP contribution in [-0.2, 0) is 6.18 Å². The summed E-state index contributed by atoms with van der Waals surface area (Å²) in [5, 5.41) is 0. The van der Waals surface area contributed by atoms with E-state index < -0.39 is 39.8 Å². The largest absolute Gasteiger partial charge is 0.498 e. The highest BCUT2D eigenvalue weighted by Crippen LogP contribution is 2.32. The minimum absolute atomic E-state index is 0.246. The lowest BCUT2D eigenvalue weighted by molar-refractivity contribution is -0.137. The van der Waals surface area contributed by atoms with E-state index in [1.165, 1.54) is 12.1 Å². The monoisotopic (exact) mass is 288 g/mol. The molecule has 0 aromatic heterocycles. The highest BCUT2D eigenvalue weighted by molar-refractivity contribution is 6.99. The third kappa shape index (κ3) is 5.03. The van der Waals surface area contributed by atoms with Gasteiger partial charge in [-0.15, -0.1) is 4.17 Å². The van der Waals surface area contributed by atoms with Gasteiger partial charge in [-0.25, -0.2) is 0 Å². The fourth-order valence-corrected chi connectivity index (χ4v) is 7.22. The zero-order valence-corrected chi connectivity index (χ0v) is 12.8. The van der Waals surface area contributed by atoms with Crippen LogP contribution in [-0.4, -0.2) is 28.1 Å². The van der Waals surface area contributed by atoms with Gasteiger partial charge >= 0.3 is 25.4 Å². The molecule has 1 unspecified atom stereocenters. The lowest BCUT2D eigenvalue weighted by Gasteiger charge is -2.10. The highest BCUT2D eigenvalue weighted by Gasteiger charge is 2.32. The van der Waals surface area contributed by atoms with E-state index in [-0.39, 0.29) is 5.56 Å². The fraction of sp³-hybridized carbons (Fsp3) is 0.273. The zero-order chi connectivity index (χ0) is 12.9. The molecule has 0 radical (unpaired) electrons. The second-order valence-corrected chi connectivity index (χ2v) is 10.1. The quantitative estimate of drug-likeness (QED) is 0.737. The van der Waals surface area contributed by atoms with E-state index in [1.54, 1.807) is 12.1 Å². The second-order valence-electron chi connectivity index (χ2n) is 3.90. The van der Waals surface area contributed by atoms with Crippen LogP contribution in [0.3, 0.4) is 0 Å². The van der Waals surface area contributed by atoms with Crippen molar-refractivity contribution in [1.82, 2.24) is 0 Å². The zero-order valence-electron chi connectivity index (χ0n) is 9.47. The Morgan fingerprint density at radius 2 is 2.00 bits per heavy atom. The van der Waals surface area contributed by atoms with Crippen molar-refractivity contribution >= 4 is 43.2 Å². The molecule has 0 saturated heterocycles. The van der Waals surface area contributed by atoms with Crippen LogP contribution >= 0.6 is 9.07 Å². The summed E-state index contributed by atoms with van der Waals surface area (Å²) in [6.45, 7) is 2.10. The van der Waals surface area contributed by atoms with E-state index in [0.29, 0.717) is 0 Å². The summed E-state index contributed by atoms with van der Waals surface area (Å²) in [5.74, 6) is 0. The van der Waals surface area contributed by atoms with Gasteiger partial charge in [0.15, 0.2) is 0 Å². The van der Waals surface area contributed by atoms with Crippen molar-refractivity contribution in [2.75, 3.05) is 0 Å². The van der Waals surface area contributed by atoms with Gasteiger partial charge in [-0.1, -0.05) is 36.5 Å². The van der Waals surface area contributed by atoms with Gasteiger partial charge in [0, 0.05) is 8.80 Å². The molecule has 0 amide bonds. The molecule has 1 rings (SSSR count). The summed E-state index contributed by atoms with van der Waals surface area (Å²) >= 11 is -0.510. The SMILES string of the molecule is C[SiH](C=Cc1ccccc1C(F)(F)F)[CH2][Mg][Cl]. The molecule has 17 heavy (non-hydrogen) atoms. The summed E-state index contributed by atoms with van der Waals surface area (Å²) < 4.78 is 39.1. The van der Waals surface area contributed by atoms with E-state index in [9.17, 15) is 13.2 Å². The van der Waals surface area contributed by atoms with Crippen molar-refractivity contribution in [3.8, 4) is 0 Å². The summed E-state index contributed by atoms with van der Waals surface area (Å²) in [5.41, 5.74) is 1.61. The van der Waals surface area contributed by atoms with E-state index in [4.69, 9.17) is 9.07 Å². The fourth-order valence-electron chi connectivity index (χ4n) is 1.44. The van der Waals surface area contributed by atoms with E-state index in [0.717, 1.165) is 10.2 Å². The summed E-state index contributed by atoms with van der Waals surface area (Å²) in [7, 11) is 4.68. The molecule has 1 aromatic rings. The molecule has 0 aliphatic carbocycles. The maximum absolute atomic E-state index is 12.7. The normalized spacial score (nSPS) is 13.7. The van der Waals surface area contributed by atoms with Gasteiger partial charge in [0.05, 0.1) is 5.56 Å². The van der Waals surface area contributed by atoms with Crippen molar-refractivity contribution < 1.29 is 13.2 Å². The van der Waals surface area contributed by atoms with Crippen LogP contribution in [0, 0.1) is 0 Å². The van der Waals surface area contributed by atoms with Gasteiger partial charge in [-0.05, 0) is 11.6 Å². The molecule has 0 aliphatic rings. The molecule has 0 nitrogen and oxygen atoms in total. The average Bonchev–Trinajstić information content (AvgIpc) is 2.26. The third-order valence-electron chi connectivity index (χ3n) is 2.43. The molecule has 0 aliphatic heterocycles. The Morgan fingerprint density at radius 1 is 1.35 bits per heavy atom. The number of halogens is 4. The van der Waals surface area contributed by atoms with Crippen LogP contribution < -0.4 is 0 Å². The molecule has 0 fully saturated rings. The molecule has 0 spiro atoms. The number of rotatable bonds is 4. The van der Waals surface area contributed by atoms with Gasteiger partial charge < -0.3 is 9.07 Å². The number of hydrogen-bond donors (Lipinski definition) is 0. The Hall–Kier alpha value is 0.0231. The summed E-state index contributed by atoms with van der Waals surface area (Å²) in [4.78, 5) is 0. The molecular weight excluding hydrogens is 277 g/mol. The lowest BCUT2D eigenvalue weighted by Crippen LogP contribution is -2.08. The van der Waals surface area contributed by atoms with E-state index in [2.05, 4.69) is 6.55 Å². The molecule has 0 bridgehead atoms. The molecule has 0 saturated carbocycles. The minimum atomic E-state index is -4.28. The van der Waals surface area contributed by atoms with Gasteiger partial charge in [0.25, 0.3) is 0 Å². The van der Waals surface area contributed by atoms with Gasteiger partial charge in [-0.2, -0.15) is 13.2 Å². The molecule has 0 heterocycles. The van der Waals surface area contributed by atoms with Crippen molar-refractivity contribution in [2.24, 2.45) is 0 Å². The van der Waals surface area contributed by atoms with Crippen LogP contribution in [0.5, 0.6) is 0 Å². The molecule has 90 valence electrons. The topological polar surface area (TPSA) is 0 Å². The van der Waals surface area contributed by atoms with Crippen molar-refractivity contribution in [3.63, 3.8) is 0 Å². The van der Waals surface area contributed by atoms with Crippen LogP contribution in [0.4, 0.5) is 13.2 Å². The Bertz CT molecular complexity index is 393. The Balaban J connectivity index is 2.91. The van der Waals surface area contributed by atoms with Crippen molar-refractivity contribution in [2.45, 2.75) is 16.9 Å². The van der Waals surface area contributed by atoms with Crippen LogP contribution in [0.1, 0.15) is 11.1 Å². The second kappa shape index (κ2) is 6.82. The first kappa shape index (κ1) is 15.1. The predicted octanol–water partition coefficient (Wildman–Crippen LogP) is 3.93.